The Morgan fingerprint density at radius 3 is 2.90 bits per heavy atom. The third kappa shape index (κ3) is 1.74. The molecule has 10 heavy (non-hydrogen) atoms. The van der Waals surface area contributed by atoms with Gasteiger partial charge in [-0.2, -0.15) is 0 Å². The number of ether oxygens (including phenoxy) is 1. The summed E-state index contributed by atoms with van der Waals surface area (Å²) in [5, 5.41) is 0. The molecule has 0 saturated heterocycles. The highest BCUT2D eigenvalue weighted by Crippen LogP contribution is 2.10. The zero-order chi connectivity index (χ0) is 7.40. The van der Waals surface area contributed by atoms with E-state index in [1.165, 1.54) is 5.56 Å². The second-order valence-electron chi connectivity index (χ2n) is 2.13. The Labute approximate surface area is 60.6 Å². The fourth-order valence-corrected chi connectivity index (χ4v) is 0.801. The Hall–Kier alpha value is -1.02. The quantitative estimate of drug-likeness (QED) is 0.623. The van der Waals surface area contributed by atoms with Crippen molar-refractivity contribution in [2.24, 2.45) is 5.73 Å². The maximum atomic E-state index is 5.19. The Kier molecular flexibility index (Phi) is 2.29. The highest BCUT2D eigenvalue weighted by Gasteiger charge is 1.89. The van der Waals surface area contributed by atoms with Crippen molar-refractivity contribution in [3.05, 3.63) is 29.8 Å². The molecule has 0 spiro atoms. The van der Waals surface area contributed by atoms with Crippen LogP contribution >= 0.6 is 0 Å². The second kappa shape index (κ2) is 3.22. The summed E-state index contributed by atoms with van der Waals surface area (Å²) < 4.78 is 5.06. The number of rotatable bonds is 2. The van der Waals surface area contributed by atoms with Crippen LogP contribution in [0.2, 0.25) is 0 Å². The highest BCUT2D eigenvalue weighted by molar-refractivity contribution is 5.27. The molecule has 0 amide bonds. The Bertz CT molecular complexity index is 210. The molecule has 0 aromatic heterocycles. The lowest BCUT2D eigenvalue weighted by molar-refractivity contribution is 0.329. The van der Waals surface area contributed by atoms with E-state index in [2.05, 4.69) is 0 Å². The standard InChI is InChI=1S/C8H11NO/c1-7-3-2-4-8(5-7)10-6-9/h2-5H,6,9H2,1H3. The molecular weight excluding hydrogens is 126 g/mol. The van der Waals surface area contributed by atoms with Crippen LogP contribution in [0.15, 0.2) is 24.3 Å². The average molecular weight is 137 g/mol. The van der Waals surface area contributed by atoms with Crippen molar-refractivity contribution in [1.29, 1.82) is 0 Å². The van der Waals surface area contributed by atoms with Crippen molar-refractivity contribution in [1.82, 2.24) is 0 Å². The first kappa shape index (κ1) is 7.09. The van der Waals surface area contributed by atoms with Crippen molar-refractivity contribution >= 4 is 0 Å². The zero-order valence-electron chi connectivity index (χ0n) is 6.00. The lowest BCUT2D eigenvalue weighted by Gasteiger charge is -2.01. The van der Waals surface area contributed by atoms with E-state index in [9.17, 15) is 0 Å². The summed E-state index contributed by atoms with van der Waals surface area (Å²) in [6.07, 6.45) is 0. The summed E-state index contributed by atoms with van der Waals surface area (Å²) in [7, 11) is 0. The molecule has 0 atom stereocenters. The van der Waals surface area contributed by atoms with E-state index in [-0.39, 0.29) is 6.73 Å². The maximum absolute atomic E-state index is 5.19. The van der Waals surface area contributed by atoms with Gasteiger partial charge in [-0.15, -0.1) is 0 Å². The molecule has 2 N–H and O–H groups in total. The van der Waals surface area contributed by atoms with Crippen LogP contribution in [0.25, 0.3) is 0 Å². The Morgan fingerprint density at radius 1 is 1.50 bits per heavy atom. The van der Waals surface area contributed by atoms with E-state index < -0.39 is 0 Å². The number of hydrogen-bond donors (Lipinski definition) is 1. The number of benzene rings is 1. The van der Waals surface area contributed by atoms with Gasteiger partial charge >= 0.3 is 0 Å². The van der Waals surface area contributed by atoms with Gasteiger partial charge in [-0.3, -0.25) is 5.73 Å². The molecule has 0 radical (unpaired) electrons. The molecule has 2 heteroatoms. The molecular formula is C8H11NO. The maximum Gasteiger partial charge on any atom is 0.137 e. The molecule has 54 valence electrons. The van der Waals surface area contributed by atoms with Gasteiger partial charge in [-0.25, -0.2) is 0 Å². The van der Waals surface area contributed by atoms with Crippen LogP contribution in [0.4, 0.5) is 0 Å². The lowest BCUT2D eigenvalue weighted by Crippen LogP contribution is -2.07. The third-order valence-electron chi connectivity index (χ3n) is 1.24. The second-order valence-corrected chi connectivity index (χ2v) is 2.13. The van der Waals surface area contributed by atoms with Crippen LogP contribution in [0.1, 0.15) is 5.56 Å². The third-order valence-corrected chi connectivity index (χ3v) is 1.24. The Morgan fingerprint density at radius 2 is 2.30 bits per heavy atom. The van der Waals surface area contributed by atoms with E-state index in [0.717, 1.165) is 5.75 Å². The number of hydrogen-bond acceptors (Lipinski definition) is 2. The molecule has 1 aromatic carbocycles. The molecule has 0 unspecified atom stereocenters. The highest BCUT2D eigenvalue weighted by atomic mass is 16.5. The van der Waals surface area contributed by atoms with Crippen molar-refractivity contribution in [2.75, 3.05) is 6.73 Å². The first-order valence-corrected chi connectivity index (χ1v) is 3.22. The summed E-state index contributed by atoms with van der Waals surface area (Å²) in [6.45, 7) is 2.26. The molecule has 0 saturated carbocycles. The van der Waals surface area contributed by atoms with E-state index in [4.69, 9.17) is 10.5 Å². The van der Waals surface area contributed by atoms with Gasteiger partial charge in [0.05, 0.1) is 0 Å². The van der Waals surface area contributed by atoms with Gasteiger partial charge in [0, 0.05) is 0 Å². The van der Waals surface area contributed by atoms with Gasteiger partial charge in [-0.05, 0) is 24.6 Å². The van der Waals surface area contributed by atoms with E-state index in [0.29, 0.717) is 0 Å². The first-order valence-electron chi connectivity index (χ1n) is 3.22. The van der Waals surface area contributed by atoms with Gasteiger partial charge in [0.25, 0.3) is 0 Å². The number of nitrogens with two attached hydrogens (primary N) is 1. The predicted octanol–water partition coefficient (Wildman–Crippen LogP) is 1.29. The molecule has 1 rings (SSSR count). The van der Waals surface area contributed by atoms with Crippen LogP contribution in [0.5, 0.6) is 5.75 Å². The summed E-state index contributed by atoms with van der Waals surface area (Å²) in [5.74, 6) is 0.836. The first-order chi connectivity index (χ1) is 4.83. The minimum Gasteiger partial charge on any atom is -0.479 e. The molecule has 1 aromatic rings. The van der Waals surface area contributed by atoms with Crippen LogP contribution in [0, 0.1) is 6.92 Å². The minimum absolute atomic E-state index is 0.240. The largest absolute Gasteiger partial charge is 0.479 e. The Balaban J connectivity index is 2.75. The molecule has 0 aliphatic rings. The molecule has 0 aliphatic heterocycles. The topological polar surface area (TPSA) is 35.2 Å². The van der Waals surface area contributed by atoms with Crippen LogP contribution in [0.3, 0.4) is 0 Å². The molecule has 0 aliphatic carbocycles. The van der Waals surface area contributed by atoms with Crippen molar-refractivity contribution in [3.63, 3.8) is 0 Å². The minimum atomic E-state index is 0.240. The van der Waals surface area contributed by atoms with Crippen molar-refractivity contribution < 1.29 is 4.74 Å². The zero-order valence-corrected chi connectivity index (χ0v) is 6.00. The summed E-state index contributed by atoms with van der Waals surface area (Å²) in [4.78, 5) is 0. The molecule has 2 nitrogen and oxygen atoms in total. The van der Waals surface area contributed by atoms with Gasteiger partial charge in [-0.1, -0.05) is 12.1 Å². The fraction of sp³-hybridized carbons (Fsp3) is 0.250. The summed E-state index contributed by atoms with van der Waals surface area (Å²) in [6, 6.07) is 7.80. The predicted molar refractivity (Wildman–Crippen MR) is 40.9 cm³/mol. The van der Waals surface area contributed by atoms with Gasteiger partial charge in [0.2, 0.25) is 0 Å². The molecule has 0 bridgehead atoms. The van der Waals surface area contributed by atoms with Crippen molar-refractivity contribution in [3.8, 4) is 5.75 Å². The van der Waals surface area contributed by atoms with Crippen molar-refractivity contribution in [2.45, 2.75) is 6.92 Å². The fourth-order valence-electron chi connectivity index (χ4n) is 0.801. The van der Waals surface area contributed by atoms with Gasteiger partial charge in [0.1, 0.15) is 12.5 Å². The smallest absolute Gasteiger partial charge is 0.137 e. The van der Waals surface area contributed by atoms with Crippen LogP contribution in [-0.4, -0.2) is 6.73 Å². The summed E-state index contributed by atoms with van der Waals surface area (Å²) >= 11 is 0. The van der Waals surface area contributed by atoms with Crippen LogP contribution < -0.4 is 10.5 Å². The van der Waals surface area contributed by atoms with Gasteiger partial charge < -0.3 is 4.74 Å². The van der Waals surface area contributed by atoms with E-state index in [1.54, 1.807) is 0 Å². The van der Waals surface area contributed by atoms with Gasteiger partial charge in [0.15, 0.2) is 0 Å². The molecule has 0 heterocycles. The lowest BCUT2D eigenvalue weighted by atomic mass is 10.2. The monoisotopic (exact) mass is 137 g/mol. The normalized spacial score (nSPS) is 9.40. The SMILES string of the molecule is Cc1cccc(OCN)c1. The van der Waals surface area contributed by atoms with Crippen LogP contribution in [-0.2, 0) is 0 Å². The summed E-state index contributed by atoms with van der Waals surface area (Å²) in [5.41, 5.74) is 6.37. The average Bonchev–Trinajstić information content (AvgIpc) is 1.88. The number of aryl methyl sites for hydroxylation is 1. The van der Waals surface area contributed by atoms with E-state index in [1.807, 2.05) is 31.2 Å². The van der Waals surface area contributed by atoms with E-state index >= 15 is 0 Å². The molecule has 0 fully saturated rings.